The van der Waals surface area contributed by atoms with Gasteiger partial charge in [0.05, 0.1) is 0 Å². The molecular weight excluding hydrogens is 216 g/mol. The molecule has 1 saturated heterocycles. The Balaban J connectivity index is 2.10. The molecule has 4 nitrogen and oxygen atoms in total. The Morgan fingerprint density at radius 2 is 2.12 bits per heavy atom. The van der Waals surface area contributed by atoms with Gasteiger partial charge < -0.3 is 15.7 Å². The topological polar surface area (TPSA) is 66.6 Å². The molecule has 0 saturated carbocycles. The molecule has 4 heteroatoms. The molecule has 1 aromatic carbocycles. The number of likely N-dealkylation sites (N-methyl/N-ethyl adjacent to an activating group) is 1. The van der Waals surface area contributed by atoms with Crippen LogP contribution in [-0.2, 0) is 4.79 Å². The van der Waals surface area contributed by atoms with Crippen molar-refractivity contribution in [3.8, 4) is 0 Å². The van der Waals surface area contributed by atoms with E-state index in [0.717, 1.165) is 13.1 Å². The lowest BCUT2D eigenvalue weighted by atomic mass is 9.96. The summed E-state index contributed by atoms with van der Waals surface area (Å²) in [5.41, 5.74) is 7.49. The molecule has 17 heavy (non-hydrogen) atoms. The van der Waals surface area contributed by atoms with Crippen LogP contribution in [0.2, 0.25) is 0 Å². The smallest absolute Gasteiger partial charge is 0.325 e. The molecule has 1 fully saturated rings. The fourth-order valence-electron chi connectivity index (χ4n) is 2.33. The first-order valence-electron chi connectivity index (χ1n) is 5.84. The standard InChI is InChI=1S/C13H18N2O2/c1-15-7-6-11(8-15)9-2-4-10(5-3-9)12(14)13(16)17/h2-5,11-12H,6-8,14H2,1H3,(H,16,17). The zero-order valence-corrected chi connectivity index (χ0v) is 9.97. The lowest BCUT2D eigenvalue weighted by Crippen LogP contribution is -2.20. The number of carbonyl (C=O) groups is 1. The number of nitrogens with two attached hydrogens (primary N) is 1. The Morgan fingerprint density at radius 3 is 2.59 bits per heavy atom. The van der Waals surface area contributed by atoms with Gasteiger partial charge in [-0.25, -0.2) is 0 Å². The van der Waals surface area contributed by atoms with Gasteiger partial charge in [0.15, 0.2) is 0 Å². The molecule has 0 aliphatic carbocycles. The lowest BCUT2D eigenvalue weighted by molar-refractivity contribution is -0.138. The van der Waals surface area contributed by atoms with Gasteiger partial charge in [-0.3, -0.25) is 4.79 Å². The van der Waals surface area contributed by atoms with Gasteiger partial charge in [-0.15, -0.1) is 0 Å². The van der Waals surface area contributed by atoms with Gasteiger partial charge in [0.2, 0.25) is 0 Å². The maximum atomic E-state index is 10.8. The Kier molecular flexibility index (Phi) is 3.45. The van der Waals surface area contributed by atoms with E-state index in [9.17, 15) is 4.79 Å². The number of carboxylic acids is 1. The largest absolute Gasteiger partial charge is 0.480 e. The molecule has 3 N–H and O–H groups in total. The third-order valence-corrected chi connectivity index (χ3v) is 3.42. The monoisotopic (exact) mass is 234 g/mol. The van der Waals surface area contributed by atoms with Gasteiger partial charge in [-0.1, -0.05) is 24.3 Å². The van der Waals surface area contributed by atoms with E-state index >= 15 is 0 Å². The molecule has 92 valence electrons. The van der Waals surface area contributed by atoms with Gasteiger partial charge in [0.25, 0.3) is 0 Å². The number of rotatable bonds is 3. The second-order valence-electron chi connectivity index (χ2n) is 4.73. The summed E-state index contributed by atoms with van der Waals surface area (Å²) in [5, 5.41) is 8.82. The van der Waals surface area contributed by atoms with Crippen molar-refractivity contribution < 1.29 is 9.90 Å². The quantitative estimate of drug-likeness (QED) is 0.824. The van der Waals surface area contributed by atoms with Crippen LogP contribution >= 0.6 is 0 Å². The van der Waals surface area contributed by atoms with E-state index in [2.05, 4.69) is 11.9 Å². The molecule has 0 bridgehead atoms. The van der Waals surface area contributed by atoms with Gasteiger partial charge >= 0.3 is 5.97 Å². The molecule has 1 heterocycles. The highest BCUT2D eigenvalue weighted by Gasteiger charge is 2.21. The number of benzene rings is 1. The second kappa shape index (κ2) is 4.85. The number of hydrogen-bond acceptors (Lipinski definition) is 3. The maximum Gasteiger partial charge on any atom is 0.325 e. The Bertz CT molecular complexity index is 402. The van der Waals surface area contributed by atoms with Crippen molar-refractivity contribution in [3.63, 3.8) is 0 Å². The van der Waals surface area contributed by atoms with Crippen LogP contribution in [0.3, 0.4) is 0 Å². The van der Waals surface area contributed by atoms with Crippen LogP contribution in [0.15, 0.2) is 24.3 Å². The minimum Gasteiger partial charge on any atom is -0.480 e. The van der Waals surface area contributed by atoms with Crippen molar-refractivity contribution in [2.24, 2.45) is 5.73 Å². The van der Waals surface area contributed by atoms with Crippen molar-refractivity contribution in [2.45, 2.75) is 18.4 Å². The first-order valence-corrected chi connectivity index (χ1v) is 5.84. The molecule has 2 atom stereocenters. The first-order chi connectivity index (χ1) is 8.08. The average molecular weight is 234 g/mol. The van der Waals surface area contributed by atoms with E-state index in [1.165, 1.54) is 12.0 Å². The number of likely N-dealkylation sites (tertiary alicyclic amines) is 1. The predicted molar refractivity (Wildman–Crippen MR) is 65.9 cm³/mol. The molecule has 0 aromatic heterocycles. The zero-order chi connectivity index (χ0) is 12.4. The molecule has 2 rings (SSSR count). The summed E-state index contributed by atoms with van der Waals surface area (Å²) in [4.78, 5) is 13.1. The highest BCUT2D eigenvalue weighted by molar-refractivity contribution is 5.75. The van der Waals surface area contributed by atoms with Crippen molar-refractivity contribution in [1.82, 2.24) is 4.90 Å². The van der Waals surface area contributed by atoms with Gasteiger partial charge in [0, 0.05) is 6.54 Å². The second-order valence-corrected chi connectivity index (χ2v) is 4.73. The Hall–Kier alpha value is -1.39. The summed E-state index contributed by atoms with van der Waals surface area (Å²) in [7, 11) is 2.12. The van der Waals surface area contributed by atoms with E-state index < -0.39 is 12.0 Å². The third-order valence-electron chi connectivity index (χ3n) is 3.42. The van der Waals surface area contributed by atoms with Crippen LogP contribution < -0.4 is 5.73 Å². The number of nitrogens with zero attached hydrogens (tertiary/aromatic N) is 1. The molecular formula is C13H18N2O2. The van der Waals surface area contributed by atoms with Crippen molar-refractivity contribution in [2.75, 3.05) is 20.1 Å². The highest BCUT2D eigenvalue weighted by atomic mass is 16.4. The SMILES string of the molecule is CN1CCC(c2ccc(C(N)C(=O)O)cc2)C1. The molecule has 1 aromatic rings. The summed E-state index contributed by atoms with van der Waals surface area (Å²) >= 11 is 0. The van der Waals surface area contributed by atoms with Crippen LogP contribution in [-0.4, -0.2) is 36.1 Å². The predicted octanol–water partition coefficient (Wildman–Crippen LogP) is 1.19. The lowest BCUT2D eigenvalue weighted by Gasteiger charge is -2.12. The minimum atomic E-state index is -0.988. The van der Waals surface area contributed by atoms with E-state index in [0.29, 0.717) is 11.5 Å². The number of carboxylic acid groups (broad SMARTS) is 1. The van der Waals surface area contributed by atoms with Crippen LogP contribution in [0, 0.1) is 0 Å². The maximum absolute atomic E-state index is 10.8. The van der Waals surface area contributed by atoms with Gasteiger partial charge in [0.1, 0.15) is 6.04 Å². The van der Waals surface area contributed by atoms with Gasteiger partial charge in [-0.05, 0) is 37.1 Å². The number of aliphatic carboxylic acids is 1. The van der Waals surface area contributed by atoms with Crippen molar-refractivity contribution in [1.29, 1.82) is 0 Å². The van der Waals surface area contributed by atoms with E-state index in [-0.39, 0.29) is 0 Å². The summed E-state index contributed by atoms with van der Waals surface area (Å²) in [6, 6.07) is 6.73. The van der Waals surface area contributed by atoms with E-state index in [1.807, 2.05) is 24.3 Å². The number of hydrogen-bond donors (Lipinski definition) is 2. The first kappa shape index (κ1) is 12.1. The zero-order valence-electron chi connectivity index (χ0n) is 9.97. The fourth-order valence-corrected chi connectivity index (χ4v) is 2.33. The van der Waals surface area contributed by atoms with Crippen molar-refractivity contribution in [3.05, 3.63) is 35.4 Å². The summed E-state index contributed by atoms with van der Waals surface area (Å²) in [5.74, 6) is -0.423. The summed E-state index contributed by atoms with van der Waals surface area (Å²) in [6.45, 7) is 2.20. The summed E-state index contributed by atoms with van der Waals surface area (Å²) in [6.07, 6.45) is 1.17. The minimum absolute atomic E-state index is 0.565. The van der Waals surface area contributed by atoms with E-state index in [1.54, 1.807) is 0 Å². The van der Waals surface area contributed by atoms with E-state index in [4.69, 9.17) is 10.8 Å². The van der Waals surface area contributed by atoms with Crippen LogP contribution in [0.4, 0.5) is 0 Å². The molecule has 1 aliphatic heterocycles. The van der Waals surface area contributed by atoms with Crippen LogP contribution in [0.5, 0.6) is 0 Å². The highest BCUT2D eigenvalue weighted by Crippen LogP contribution is 2.26. The molecule has 0 amide bonds. The summed E-state index contributed by atoms with van der Waals surface area (Å²) < 4.78 is 0. The fraction of sp³-hybridized carbons (Fsp3) is 0.462. The van der Waals surface area contributed by atoms with Crippen LogP contribution in [0.1, 0.15) is 29.5 Å². The third kappa shape index (κ3) is 2.65. The van der Waals surface area contributed by atoms with Crippen LogP contribution in [0.25, 0.3) is 0 Å². The molecule has 1 aliphatic rings. The van der Waals surface area contributed by atoms with Gasteiger partial charge in [-0.2, -0.15) is 0 Å². The normalized spacial score (nSPS) is 22.6. The Labute approximate surface area is 101 Å². The average Bonchev–Trinajstić information content (AvgIpc) is 2.75. The Morgan fingerprint density at radius 1 is 1.47 bits per heavy atom. The van der Waals surface area contributed by atoms with Crippen molar-refractivity contribution >= 4 is 5.97 Å². The molecule has 0 radical (unpaired) electrons. The molecule has 0 spiro atoms. The molecule has 2 unspecified atom stereocenters.